The monoisotopic (exact) mass is 249 g/mol. The van der Waals surface area contributed by atoms with Crippen molar-refractivity contribution in [2.45, 2.75) is 39.2 Å². The Morgan fingerprint density at radius 3 is 2.31 bits per heavy atom. The van der Waals surface area contributed by atoms with Crippen molar-refractivity contribution in [3.8, 4) is 0 Å². The molecule has 16 heavy (non-hydrogen) atoms. The van der Waals surface area contributed by atoms with E-state index in [9.17, 15) is 13.8 Å². The van der Waals surface area contributed by atoms with E-state index in [0.717, 1.165) is 12.8 Å². The second-order valence-electron chi connectivity index (χ2n) is 3.51. The summed E-state index contributed by atoms with van der Waals surface area (Å²) in [5.74, 6) is -1.33. The van der Waals surface area contributed by atoms with Gasteiger partial charge in [-0.25, -0.2) is 0 Å². The van der Waals surface area contributed by atoms with Gasteiger partial charge in [0.15, 0.2) is 0 Å². The molecule has 1 atom stereocenters. The third kappa shape index (κ3) is 7.39. The molecule has 94 valence electrons. The minimum atomic E-state index is -1.38. The highest BCUT2D eigenvalue weighted by atomic mass is 32.2. The summed E-state index contributed by atoms with van der Waals surface area (Å²) in [5.41, 5.74) is 0. The molecule has 1 amide bonds. The summed E-state index contributed by atoms with van der Waals surface area (Å²) in [6, 6.07) is 0.115. The van der Waals surface area contributed by atoms with Crippen molar-refractivity contribution in [1.82, 2.24) is 5.32 Å². The summed E-state index contributed by atoms with van der Waals surface area (Å²) in [7, 11) is -1.38. The van der Waals surface area contributed by atoms with E-state index in [-0.39, 0.29) is 29.9 Å². The van der Waals surface area contributed by atoms with Crippen LogP contribution in [-0.2, 0) is 20.4 Å². The van der Waals surface area contributed by atoms with Crippen LogP contribution in [0.4, 0.5) is 0 Å². The number of nitrogens with one attached hydrogen (secondary N) is 1. The molecule has 5 nitrogen and oxygen atoms in total. The van der Waals surface area contributed by atoms with E-state index in [1.165, 1.54) is 0 Å². The second-order valence-corrected chi connectivity index (χ2v) is 5.09. The van der Waals surface area contributed by atoms with Crippen LogP contribution in [0.3, 0.4) is 0 Å². The van der Waals surface area contributed by atoms with Gasteiger partial charge in [0.2, 0.25) is 5.91 Å². The lowest BCUT2D eigenvalue weighted by Crippen LogP contribution is -2.37. The van der Waals surface area contributed by atoms with E-state index >= 15 is 0 Å². The van der Waals surface area contributed by atoms with Gasteiger partial charge in [-0.15, -0.1) is 0 Å². The number of rotatable bonds is 8. The molecule has 1 unspecified atom stereocenters. The molecule has 0 aromatic carbocycles. The maximum atomic E-state index is 11.4. The van der Waals surface area contributed by atoms with Gasteiger partial charge in [-0.3, -0.25) is 13.8 Å². The fourth-order valence-electron chi connectivity index (χ4n) is 1.18. The van der Waals surface area contributed by atoms with Crippen molar-refractivity contribution in [2.24, 2.45) is 0 Å². The number of carbonyl (C=O) groups is 2. The molecule has 0 aliphatic carbocycles. The van der Waals surface area contributed by atoms with Crippen molar-refractivity contribution in [3.05, 3.63) is 0 Å². The van der Waals surface area contributed by atoms with Gasteiger partial charge >= 0.3 is 5.97 Å². The van der Waals surface area contributed by atoms with Crippen molar-refractivity contribution >= 4 is 22.7 Å². The van der Waals surface area contributed by atoms with Crippen LogP contribution in [0.5, 0.6) is 0 Å². The highest BCUT2D eigenvalue weighted by molar-refractivity contribution is 7.85. The van der Waals surface area contributed by atoms with Gasteiger partial charge in [-0.2, -0.15) is 0 Å². The number of aliphatic carboxylic acids is 1. The largest absolute Gasteiger partial charge is 0.481 e. The van der Waals surface area contributed by atoms with E-state index in [2.05, 4.69) is 5.32 Å². The number of hydrogen-bond acceptors (Lipinski definition) is 3. The van der Waals surface area contributed by atoms with Gasteiger partial charge in [0, 0.05) is 22.6 Å². The molecule has 0 aliphatic rings. The predicted molar refractivity (Wildman–Crippen MR) is 62.6 cm³/mol. The van der Waals surface area contributed by atoms with Crippen molar-refractivity contribution in [1.29, 1.82) is 0 Å². The topological polar surface area (TPSA) is 83.5 Å². The Morgan fingerprint density at radius 1 is 1.31 bits per heavy atom. The molecule has 0 rings (SSSR count). The van der Waals surface area contributed by atoms with E-state index in [4.69, 9.17) is 5.11 Å². The van der Waals surface area contributed by atoms with E-state index < -0.39 is 16.8 Å². The molecule has 0 saturated heterocycles. The third-order valence-electron chi connectivity index (χ3n) is 2.19. The molecular weight excluding hydrogens is 230 g/mol. The molecule has 0 aliphatic heterocycles. The predicted octanol–water partition coefficient (Wildman–Crippen LogP) is 0.515. The molecule has 0 fully saturated rings. The Kier molecular flexibility index (Phi) is 7.80. The molecule has 0 spiro atoms. The van der Waals surface area contributed by atoms with Crippen molar-refractivity contribution in [2.75, 3.05) is 11.5 Å². The molecule has 0 radical (unpaired) electrons. The van der Waals surface area contributed by atoms with Crippen molar-refractivity contribution < 1.29 is 18.9 Å². The molecule has 6 heteroatoms. The molecule has 0 saturated carbocycles. The average molecular weight is 249 g/mol. The Bertz CT molecular complexity index is 264. The second kappa shape index (κ2) is 8.27. The SMILES string of the molecule is CCC(CC)NC(=O)CS(=O)CCC(=O)O. The minimum Gasteiger partial charge on any atom is -0.481 e. The van der Waals surface area contributed by atoms with Crippen molar-refractivity contribution in [3.63, 3.8) is 0 Å². The highest BCUT2D eigenvalue weighted by Crippen LogP contribution is 1.96. The van der Waals surface area contributed by atoms with Gasteiger partial charge in [0.05, 0.1) is 6.42 Å². The zero-order chi connectivity index (χ0) is 12.6. The minimum absolute atomic E-state index is 0.0334. The fourth-order valence-corrected chi connectivity index (χ4v) is 2.10. The summed E-state index contributed by atoms with van der Waals surface area (Å²) >= 11 is 0. The standard InChI is InChI=1S/C10H19NO4S/c1-3-8(4-2)11-9(12)7-16(15)6-5-10(13)14/h8H,3-7H2,1-2H3,(H,11,12)(H,13,14). The molecule has 0 heterocycles. The number of carbonyl (C=O) groups excluding carboxylic acids is 1. The molecule has 0 bridgehead atoms. The number of carboxylic acid groups (broad SMARTS) is 1. The number of amides is 1. The van der Waals surface area contributed by atoms with Crippen LogP contribution in [0, 0.1) is 0 Å². The van der Waals surface area contributed by atoms with Gasteiger partial charge in [-0.1, -0.05) is 13.8 Å². The lowest BCUT2D eigenvalue weighted by atomic mass is 10.2. The first-order chi connectivity index (χ1) is 7.49. The van der Waals surface area contributed by atoms with Crippen LogP contribution < -0.4 is 5.32 Å². The Labute approximate surface area is 98.1 Å². The summed E-state index contributed by atoms with van der Waals surface area (Å²) in [5, 5.41) is 11.1. The quantitative estimate of drug-likeness (QED) is 0.656. The molecular formula is C10H19NO4S. The summed E-state index contributed by atoms with van der Waals surface area (Å²) in [6.07, 6.45) is 1.51. The first kappa shape index (κ1) is 15.1. The van der Waals surface area contributed by atoms with Crippen LogP contribution in [-0.4, -0.2) is 38.7 Å². The lowest BCUT2D eigenvalue weighted by Gasteiger charge is -2.14. The first-order valence-electron chi connectivity index (χ1n) is 5.35. The lowest BCUT2D eigenvalue weighted by molar-refractivity contribution is -0.136. The number of carboxylic acids is 1. The van der Waals surface area contributed by atoms with Gasteiger partial charge in [0.1, 0.15) is 5.75 Å². The van der Waals surface area contributed by atoms with Gasteiger partial charge in [0.25, 0.3) is 0 Å². The zero-order valence-electron chi connectivity index (χ0n) is 9.69. The first-order valence-corrected chi connectivity index (χ1v) is 6.84. The maximum Gasteiger partial charge on any atom is 0.304 e. The molecule has 2 N–H and O–H groups in total. The summed E-state index contributed by atoms with van der Waals surface area (Å²) < 4.78 is 11.3. The van der Waals surface area contributed by atoms with Crippen LogP contribution in [0.15, 0.2) is 0 Å². The molecule has 0 aromatic heterocycles. The normalized spacial score (nSPS) is 12.4. The highest BCUT2D eigenvalue weighted by Gasteiger charge is 2.12. The Hall–Kier alpha value is -0.910. The summed E-state index contributed by atoms with van der Waals surface area (Å²) in [6.45, 7) is 3.94. The Balaban J connectivity index is 3.86. The zero-order valence-corrected chi connectivity index (χ0v) is 10.5. The summed E-state index contributed by atoms with van der Waals surface area (Å²) in [4.78, 5) is 21.6. The van der Waals surface area contributed by atoms with E-state index in [1.54, 1.807) is 0 Å². The van der Waals surface area contributed by atoms with Crippen LogP contribution in [0.25, 0.3) is 0 Å². The van der Waals surface area contributed by atoms with E-state index in [0.29, 0.717) is 0 Å². The Morgan fingerprint density at radius 2 is 1.88 bits per heavy atom. The van der Waals surface area contributed by atoms with Crippen LogP contribution >= 0.6 is 0 Å². The number of hydrogen-bond donors (Lipinski definition) is 2. The average Bonchev–Trinajstić information content (AvgIpc) is 2.23. The van der Waals surface area contributed by atoms with Crippen LogP contribution in [0.1, 0.15) is 33.1 Å². The smallest absolute Gasteiger partial charge is 0.304 e. The van der Waals surface area contributed by atoms with Crippen LogP contribution in [0.2, 0.25) is 0 Å². The fraction of sp³-hybridized carbons (Fsp3) is 0.800. The van der Waals surface area contributed by atoms with E-state index in [1.807, 2.05) is 13.8 Å². The van der Waals surface area contributed by atoms with Gasteiger partial charge in [-0.05, 0) is 12.8 Å². The molecule has 0 aromatic rings. The van der Waals surface area contributed by atoms with Gasteiger partial charge < -0.3 is 10.4 Å². The third-order valence-corrected chi connectivity index (χ3v) is 3.43. The maximum absolute atomic E-state index is 11.4.